The molecule has 1 atom stereocenters. The molecule has 2 heteroatoms. The zero-order valence-corrected chi connectivity index (χ0v) is 12.4. The minimum atomic E-state index is 0.172. The lowest BCUT2D eigenvalue weighted by molar-refractivity contribution is 0.0959. The number of hydrogen-bond acceptors (Lipinski definition) is 2. The minimum absolute atomic E-state index is 0.172. The molecular formula is C14H32N2. The van der Waals surface area contributed by atoms with Crippen LogP contribution in [0, 0.1) is 5.41 Å². The van der Waals surface area contributed by atoms with Crippen molar-refractivity contribution in [2.24, 2.45) is 11.1 Å². The fourth-order valence-corrected chi connectivity index (χ4v) is 2.60. The SMILES string of the molecule is CCC(CC)(C(N)CCC(C)(C)C)N(C)C. The lowest BCUT2D eigenvalue weighted by Crippen LogP contribution is -2.56. The molecule has 0 aliphatic rings. The van der Waals surface area contributed by atoms with Crippen molar-refractivity contribution in [2.75, 3.05) is 14.1 Å². The molecule has 16 heavy (non-hydrogen) atoms. The first kappa shape index (κ1) is 15.9. The van der Waals surface area contributed by atoms with Gasteiger partial charge in [-0.05, 0) is 45.2 Å². The minimum Gasteiger partial charge on any atom is -0.326 e. The number of rotatable bonds is 6. The van der Waals surface area contributed by atoms with Crippen molar-refractivity contribution in [1.29, 1.82) is 0 Å². The van der Waals surface area contributed by atoms with Crippen LogP contribution in [0.1, 0.15) is 60.3 Å². The van der Waals surface area contributed by atoms with Gasteiger partial charge in [0.1, 0.15) is 0 Å². The summed E-state index contributed by atoms with van der Waals surface area (Å²) in [6.45, 7) is 11.4. The lowest BCUT2D eigenvalue weighted by Gasteiger charge is -2.44. The number of hydrogen-bond donors (Lipinski definition) is 1. The molecule has 2 nitrogen and oxygen atoms in total. The molecule has 1 unspecified atom stereocenters. The highest BCUT2D eigenvalue weighted by Crippen LogP contribution is 2.30. The van der Waals surface area contributed by atoms with E-state index in [0.29, 0.717) is 5.41 Å². The highest BCUT2D eigenvalue weighted by atomic mass is 15.2. The molecule has 0 saturated carbocycles. The lowest BCUT2D eigenvalue weighted by atomic mass is 9.78. The third-order valence-electron chi connectivity index (χ3n) is 4.01. The van der Waals surface area contributed by atoms with Crippen LogP contribution in [0.2, 0.25) is 0 Å². The molecule has 0 aromatic rings. The molecule has 0 aromatic heterocycles. The van der Waals surface area contributed by atoms with Crippen LogP contribution in [0.3, 0.4) is 0 Å². The van der Waals surface area contributed by atoms with Crippen molar-refractivity contribution in [1.82, 2.24) is 4.90 Å². The van der Waals surface area contributed by atoms with Gasteiger partial charge in [-0.25, -0.2) is 0 Å². The summed E-state index contributed by atoms with van der Waals surface area (Å²) in [5.41, 5.74) is 7.00. The van der Waals surface area contributed by atoms with Crippen molar-refractivity contribution in [3.05, 3.63) is 0 Å². The maximum Gasteiger partial charge on any atom is 0.0349 e. The van der Waals surface area contributed by atoms with Gasteiger partial charge in [0.05, 0.1) is 0 Å². The second-order valence-corrected chi connectivity index (χ2v) is 6.41. The Bertz CT molecular complexity index is 187. The average molecular weight is 228 g/mol. The van der Waals surface area contributed by atoms with Crippen LogP contribution >= 0.6 is 0 Å². The highest BCUT2D eigenvalue weighted by molar-refractivity contribution is 4.95. The predicted octanol–water partition coefficient (Wildman–Crippen LogP) is 3.26. The van der Waals surface area contributed by atoms with Gasteiger partial charge >= 0.3 is 0 Å². The van der Waals surface area contributed by atoms with Gasteiger partial charge in [0.2, 0.25) is 0 Å². The van der Waals surface area contributed by atoms with Gasteiger partial charge in [-0.1, -0.05) is 34.6 Å². The molecule has 0 heterocycles. The summed E-state index contributed by atoms with van der Waals surface area (Å²) in [6.07, 6.45) is 4.57. The van der Waals surface area contributed by atoms with Gasteiger partial charge < -0.3 is 10.6 Å². The maximum atomic E-state index is 6.44. The Morgan fingerprint density at radius 1 is 1.06 bits per heavy atom. The monoisotopic (exact) mass is 228 g/mol. The van der Waals surface area contributed by atoms with Crippen molar-refractivity contribution < 1.29 is 0 Å². The molecular weight excluding hydrogens is 196 g/mol. The van der Waals surface area contributed by atoms with Crippen molar-refractivity contribution in [3.63, 3.8) is 0 Å². The van der Waals surface area contributed by atoms with E-state index in [9.17, 15) is 0 Å². The third-order valence-corrected chi connectivity index (χ3v) is 4.01. The van der Waals surface area contributed by atoms with Crippen LogP contribution in [-0.4, -0.2) is 30.6 Å². The molecule has 98 valence electrons. The van der Waals surface area contributed by atoms with Crippen LogP contribution in [0.4, 0.5) is 0 Å². The van der Waals surface area contributed by atoms with E-state index in [4.69, 9.17) is 5.73 Å². The van der Waals surface area contributed by atoms with E-state index in [0.717, 1.165) is 19.3 Å². The summed E-state index contributed by atoms with van der Waals surface area (Å²) in [5, 5.41) is 0. The van der Waals surface area contributed by atoms with E-state index in [-0.39, 0.29) is 11.6 Å². The van der Waals surface area contributed by atoms with Gasteiger partial charge in [0, 0.05) is 11.6 Å². The largest absolute Gasteiger partial charge is 0.326 e. The smallest absolute Gasteiger partial charge is 0.0349 e. The van der Waals surface area contributed by atoms with Crippen LogP contribution in [0.15, 0.2) is 0 Å². The number of nitrogens with zero attached hydrogens (tertiary/aromatic N) is 1. The van der Waals surface area contributed by atoms with E-state index < -0.39 is 0 Å². The fourth-order valence-electron chi connectivity index (χ4n) is 2.60. The molecule has 0 bridgehead atoms. The number of likely N-dealkylation sites (N-methyl/N-ethyl adjacent to an activating group) is 1. The van der Waals surface area contributed by atoms with Gasteiger partial charge in [0.15, 0.2) is 0 Å². The molecule has 2 N–H and O–H groups in total. The zero-order valence-electron chi connectivity index (χ0n) is 12.4. The molecule has 0 radical (unpaired) electrons. The molecule has 0 fully saturated rings. The Morgan fingerprint density at radius 3 is 1.75 bits per heavy atom. The second-order valence-electron chi connectivity index (χ2n) is 6.41. The standard InChI is InChI=1S/C14H32N2/c1-8-14(9-2,16(6)7)12(15)10-11-13(3,4)5/h12H,8-11,15H2,1-7H3. The molecule has 0 aliphatic heterocycles. The van der Waals surface area contributed by atoms with Crippen LogP contribution in [-0.2, 0) is 0 Å². The van der Waals surface area contributed by atoms with Gasteiger partial charge in [-0.3, -0.25) is 0 Å². The topological polar surface area (TPSA) is 29.3 Å². The molecule has 0 amide bonds. The van der Waals surface area contributed by atoms with Crippen LogP contribution in [0.25, 0.3) is 0 Å². The van der Waals surface area contributed by atoms with Gasteiger partial charge in [0.25, 0.3) is 0 Å². The van der Waals surface area contributed by atoms with E-state index in [1.165, 1.54) is 6.42 Å². The maximum absolute atomic E-state index is 6.44. The summed E-state index contributed by atoms with van der Waals surface area (Å²) in [5.74, 6) is 0. The summed E-state index contributed by atoms with van der Waals surface area (Å²) in [7, 11) is 4.31. The Morgan fingerprint density at radius 2 is 1.50 bits per heavy atom. The Labute approximate surface area is 103 Å². The summed E-state index contributed by atoms with van der Waals surface area (Å²) in [4.78, 5) is 2.32. The summed E-state index contributed by atoms with van der Waals surface area (Å²) >= 11 is 0. The second kappa shape index (κ2) is 6.02. The predicted molar refractivity (Wildman–Crippen MR) is 73.7 cm³/mol. The quantitative estimate of drug-likeness (QED) is 0.756. The van der Waals surface area contributed by atoms with Crippen molar-refractivity contribution in [3.8, 4) is 0 Å². The first-order valence-corrected chi connectivity index (χ1v) is 6.62. The Balaban J connectivity index is 4.57. The molecule has 0 spiro atoms. The van der Waals surface area contributed by atoms with Crippen LogP contribution in [0.5, 0.6) is 0 Å². The van der Waals surface area contributed by atoms with E-state index in [1.807, 2.05) is 0 Å². The van der Waals surface area contributed by atoms with Crippen molar-refractivity contribution >= 4 is 0 Å². The zero-order chi connectivity index (χ0) is 13.0. The third kappa shape index (κ3) is 4.06. The molecule has 0 aromatic carbocycles. The fraction of sp³-hybridized carbons (Fsp3) is 1.00. The van der Waals surface area contributed by atoms with E-state index in [2.05, 4.69) is 53.6 Å². The highest BCUT2D eigenvalue weighted by Gasteiger charge is 2.35. The number of nitrogens with two attached hydrogens (primary N) is 1. The van der Waals surface area contributed by atoms with E-state index >= 15 is 0 Å². The van der Waals surface area contributed by atoms with Crippen LogP contribution < -0.4 is 5.73 Å². The van der Waals surface area contributed by atoms with Crippen molar-refractivity contribution in [2.45, 2.75) is 71.9 Å². The first-order valence-electron chi connectivity index (χ1n) is 6.62. The van der Waals surface area contributed by atoms with Gasteiger partial charge in [-0.2, -0.15) is 0 Å². The van der Waals surface area contributed by atoms with E-state index in [1.54, 1.807) is 0 Å². The molecule has 0 aliphatic carbocycles. The van der Waals surface area contributed by atoms with Gasteiger partial charge in [-0.15, -0.1) is 0 Å². The normalized spacial score (nSPS) is 15.6. The average Bonchev–Trinajstić information content (AvgIpc) is 2.16. The Hall–Kier alpha value is -0.0800. The molecule has 0 saturated heterocycles. The first-order chi connectivity index (χ1) is 7.19. The summed E-state index contributed by atoms with van der Waals surface area (Å²) in [6, 6.07) is 0.275. The Kier molecular flexibility index (Phi) is 5.99. The molecule has 0 rings (SSSR count). The summed E-state index contributed by atoms with van der Waals surface area (Å²) < 4.78 is 0.